The number of hydrogen-bond donors (Lipinski definition) is 0. The third-order valence-corrected chi connectivity index (χ3v) is 2.64. The van der Waals surface area contributed by atoms with Crippen LogP contribution in [0.25, 0.3) is 17.2 Å². The van der Waals surface area contributed by atoms with E-state index in [4.69, 9.17) is 0 Å². The van der Waals surface area contributed by atoms with E-state index >= 15 is 0 Å². The van der Waals surface area contributed by atoms with Gasteiger partial charge in [-0.3, -0.25) is 4.98 Å². The van der Waals surface area contributed by atoms with Crippen molar-refractivity contribution in [2.24, 2.45) is 0 Å². The lowest BCUT2D eigenvalue weighted by Crippen LogP contribution is -1.87. The van der Waals surface area contributed by atoms with Crippen molar-refractivity contribution in [1.82, 2.24) is 4.98 Å². The van der Waals surface area contributed by atoms with Crippen LogP contribution in [0.15, 0.2) is 48.8 Å². The van der Waals surface area contributed by atoms with Gasteiger partial charge < -0.3 is 0 Å². The SMILES string of the molecule is C/C=C\c1ccccc1-c1cnccc1C. The van der Waals surface area contributed by atoms with E-state index in [9.17, 15) is 0 Å². The first-order chi connectivity index (χ1) is 7.83. The predicted molar refractivity (Wildman–Crippen MR) is 69.1 cm³/mol. The average Bonchev–Trinajstić information content (AvgIpc) is 2.31. The van der Waals surface area contributed by atoms with Crippen molar-refractivity contribution in [3.8, 4) is 11.1 Å². The van der Waals surface area contributed by atoms with Crippen LogP contribution in [0.1, 0.15) is 18.1 Å². The van der Waals surface area contributed by atoms with Crippen LogP contribution in [0.5, 0.6) is 0 Å². The summed E-state index contributed by atoms with van der Waals surface area (Å²) in [6, 6.07) is 10.4. The second-order valence-corrected chi connectivity index (χ2v) is 3.78. The summed E-state index contributed by atoms with van der Waals surface area (Å²) in [6.45, 7) is 4.15. The zero-order chi connectivity index (χ0) is 11.4. The monoisotopic (exact) mass is 209 g/mol. The molecule has 0 spiro atoms. The topological polar surface area (TPSA) is 12.9 Å². The number of allylic oxidation sites excluding steroid dienone is 1. The fourth-order valence-electron chi connectivity index (χ4n) is 1.81. The molecule has 0 aliphatic carbocycles. The number of aromatic nitrogens is 1. The zero-order valence-corrected chi connectivity index (χ0v) is 9.64. The second-order valence-electron chi connectivity index (χ2n) is 3.78. The first-order valence-corrected chi connectivity index (χ1v) is 5.45. The highest BCUT2D eigenvalue weighted by Crippen LogP contribution is 2.26. The summed E-state index contributed by atoms with van der Waals surface area (Å²) in [7, 11) is 0. The predicted octanol–water partition coefficient (Wildman–Crippen LogP) is 4.09. The van der Waals surface area contributed by atoms with Gasteiger partial charge in [0.15, 0.2) is 0 Å². The Balaban J connectivity index is 2.60. The van der Waals surface area contributed by atoms with Crippen LogP contribution >= 0.6 is 0 Å². The minimum atomic E-state index is 1.20. The molecule has 0 bridgehead atoms. The standard InChI is InChI=1S/C15H15N/c1-3-6-13-7-4-5-8-14(13)15-11-16-10-9-12(15)2/h3-11H,1-2H3/b6-3-. The Kier molecular flexibility index (Phi) is 3.16. The summed E-state index contributed by atoms with van der Waals surface area (Å²) in [6.07, 6.45) is 7.95. The third-order valence-electron chi connectivity index (χ3n) is 2.64. The van der Waals surface area contributed by atoms with Crippen LogP contribution in [0.4, 0.5) is 0 Å². The molecule has 0 fully saturated rings. The van der Waals surface area contributed by atoms with Gasteiger partial charge in [-0.05, 0) is 36.6 Å². The molecule has 0 radical (unpaired) electrons. The molecule has 16 heavy (non-hydrogen) atoms. The van der Waals surface area contributed by atoms with Gasteiger partial charge in [0.1, 0.15) is 0 Å². The Morgan fingerprint density at radius 2 is 1.88 bits per heavy atom. The first kappa shape index (κ1) is 10.6. The fraction of sp³-hybridized carbons (Fsp3) is 0.133. The molecular weight excluding hydrogens is 194 g/mol. The molecule has 2 aromatic rings. The molecule has 0 aliphatic rings. The van der Waals surface area contributed by atoms with Gasteiger partial charge in [0.05, 0.1) is 0 Å². The smallest absolute Gasteiger partial charge is 0.0349 e. The molecule has 0 unspecified atom stereocenters. The summed E-state index contributed by atoms with van der Waals surface area (Å²) < 4.78 is 0. The van der Waals surface area contributed by atoms with E-state index in [1.54, 1.807) is 0 Å². The van der Waals surface area contributed by atoms with Crippen molar-refractivity contribution >= 4 is 6.08 Å². The molecule has 0 atom stereocenters. The highest BCUT2D eigenvalue weighted by atomic mass is 14.6. The molecule has 0 saturated carbocycles. The van der Waals surface area contributed by atoms with E-state index in [0.29, 0.717) is 0 Å². The Hall–Kier alpha value is -1.89. The van der Waals surface area contributed by atoms with Gasteiger partial charge in [-0.1, -0.05) is 36.4 Å². The first-order valence-electron chi connectivity index (χ1n) is 5.45. The summed E-state index contributed by atoms with van der Waals surface area (Å²) in [5.41, 5.74) is 4.94. The van der Waals surface area contributed by atoms with Crippen LogP contribution in [0, 0.1) is 6.92 Å². The molecule has 0 saturated heterocycles. The van der Waals surface area contributed by atoms with E-state index in [-0.39, 0.29) is 0 Å². The maximum Gasteiger partial charge on any atom is 0.0349 e. The number of benzene rings is 1. The molecule has 1 heteroatoms. The number of aryl methyl sites for hydroxylation is 1. The lowest BCUT2D eigenvalue weighted by molar-refractivity contribution is 1.28. The van der Waals surface area contributed by atoms with Gasteiger partial charge in [-0.2, -0.15) is 0 Å². The fourth-order valence-corrected chi connectivity index (χ4v) is 1.81. The summed E-state index contributed by atoms with van der Waals surface area (Å²) in [5, 5.41) is 0. The van der Waals surface area contributed by atoms with Crippen LogP contribution in [-0.4, -0.2) is 4.98 Å². The second kappa shape index (κ2) is 4.75. The van der Waals surface area contributed by atoms with Gasteiger partial charge in [-0.15, -0.1) is 0 Å². The van der Waals surface area contributed by atoms with Crippen LogP contribution in [-0.2, 0) is 0 Å². The molecule has 80 valence electrons. The van der Waals surface area contributed by atoms with Crippen molar-refractivity contribution in [1.29, 1.82) is 0 Å². The van der Waals surface area contributed by atoms with E-state index < -0.39 is 0 Å². The third kappa shape index (κ3) is 2.03. The maximum atomic E-state index is 4.20. The van der Waals surface area contributed by atoms with Crippen molar-refractivity contribution in [3.63, 3.8) is 0 Å². The number of rotatable bonds is 2. The summed E-state index contributed by atoms with van der Waals surface area (Å²) in [4.78, 5) is 4.20. The quantitative estimate of drug-likeness (QED) is 0.726. The van der Waals surface area contributed by atoms with Crippen LogP contribution in [0.2, 0.25) is 0 Å². The van der Waals surface area contributed by atoms with Crippen molar-refractivity contribution in [2.75, 3.05) is 0 Å². The normalized spacial score (nSPS) is 10.9. The molecule has 1 heterocycles. The van der Waals surface area contributed by atoms with Gasteiger partial charge in [0, 0.05) is 18.0 Å². The van der Waals surface area contributed by atoms with Crippen molar-refractivity contribution in [3.05, 3.63) is 59.9 Å². The van der Waals surface area contributed by atoms with E-state index in [0.717, 1.165) is 0 Å². The largest absolute Gasteiger partial charge is 0.264 e. The van der Waals surface area contributed by atoms with E-state index in [1.165, 1.54) is 22.3 Å². The minimum absolute atomic E-state index is 1.20. The molecule has 1 aromatic heterocycles. The maximum absolute atomic E-state index is 4.20. The molecule has 0 N–H and O–H groups in total. The Morgan fingerprint density at radius 3 is 2.62 bits per heavy atom. The molecule has 1 aromatic carbocycles. The van der Waals surface area contributed by atoms with Crippen LogP contribution in [0.3, 0.4) is 0 Å². The van der Waals surface area contributed by atoms with E-state index in [1.807, 2.05) is 25.4 Å². The lowest BCUT2D eigenvalue weighted by atomic mass is 9.97. The number of hydrogen-bond acceptors (Lipinski definition) is 1. The lowest BCUT2D eigenvalue weighted by Gasteiger charge is -2.08. The summed E-state index contributed by atoms with van der Waals surface area (Å²) in [5.74, 6) is 0. The highest BCUT2D eigenvalue weighted by molar-refractivity contribution is 5.76. The van der Waals surface area contributed by atoms with Gasteiger partial charge in [0.25, 0.3) is 0 Å². The molecule has 0 aliphatic heterocycles. The summed E-state index contributed by atoms with van der Waals surface area (Å²) >= 11 is 0. The van der Waals surface area contributed by atoms with E-state index in [2.05, 4.69) is 48.3 Å². The number of pyridine rings is 1. The van der Waals surface area contributed by atoms with Crippen LogP contribution < -0.4 is 0 Å². The van der Waals surface area contributed by atoms with Crippen molar-refractivity contribution < 1.29 is 0 Å². The number of nitrogens with zero attached hydrogens (tertiary/aromatic N) is 1. The van der Waals surface area contributed by atoms with Gasteiger partial charge in [-0.25, -0.2) is 0 Å². The molecule has 1 nitrogen and oxygen atoms in total. The minimum Gasteiger partial charge on any atom is -0.264 e. The Labute approximate surface area is 96.5 Å². The van der Waals surface area contributed by atoms with Gasteiger partial charge in [0.2, 0.25) is 0 Å². The molecule has 2 rings (SSSR count). The van der Waals surface area contributed by atoms with Gasteiger partial charge >= 0.3 is 0 Å². The Morgan fingerprint density at radius 1 is 1.06 bits per heavy atom. The molecule has 0 amide bonds. The zero-order valence-electron chi connectivity index (χ0n) is 9.64. The van der Waals surface area contributed by atoms with Crippen molar-refractivity contribution in [2.45, 2.75) is 13.8 Å². The molecular formula is C15H15N. The average molecular weight is 209 g/mol. The Bertz CT molecular complexity index is 512. The highest BCUT2D eigenvalue weighted by Gasteiger charge is 2.04.